The summed E-state index contributed by atoms with van der Waals surface area (Å²) < 4.78 is 27.8. The number of esters is 1. The van der Waals surface area contributed by atoms with Crippen LogP contribution in [0.2, 0.25) is 0 Å². The van der Waals surface area contributed by atoms with Crippen LogP contribution in [0.1, 0.15) is 6.42 Å². The molecule has 1 rings (SSSR count). The van der Waals surface area contributed by atoms with Crippen LogP contribution in [0.25, 0.3) is 0 Å². The second kappa shape index (κ2) is 3.40. The molecule has 12 heavy (non-hydrogen) atoms. The Morgan fingerprint density at radius 3 is 2.67 bits per heavy atom. The first-order valence-electron chi connectivity index (χ1n) is 3.61. The molecule has 0 aliphatic carbocycles. The van der Waals surface area contributed by atoms with E-state index in [0.29, 0.717) is 13.0 Å². The van der Waals surface area contributed by atoms with Gasteiger partial charge >= 0.3 is 5.97 Å². The van der Waals surface area contributed by atoms with Gasteiger partial charge in [0.15, 0.2) is 0 Å². The average molecular weight is 193 g/mol. The van der Waals surface area contributed by atoms with Gasteiger partial charge in [-0.1, -0.05) is 0 Å². The molecule has 0 radical (unpaired) electrons. The Bertz CT molecular complexity index is 271. The summed E-state index contributed by atoms with van der Waals surface area (Å²) in [4.78, 5) is 10.7. The van der Waals surface area contributed by atoms with Gasteiger partial charge in [0, 0.05) is 6.54 Å². The van der Waals surface area contributed by atoms with E-state index in [4.69, 9.17) is 0 Å². The molecule has 1 saturated heterocycles. The summed E-state index contributed by atoms with van der Waals surface area (Å²) in [6, 6.07) is 0. The first kappa shape index (κ1) is 9.47. The number of sulfonamides is 1. The lowest BCUT2D eigenvalue weighted by atomic mass is 10.5. The molecule has 6 heteroatoms. The number of hydrogen-bond acceptors (Lipinski definition) is 4. The van der Waals surface area contributed by atoms with Crippen molar-refractivity contribution < 1.29 is 17.9 Å². The zero-order chi connectivity index (χ0) is 9.19. The molecule has 0 unspecified atom stereocenters. The Hall–Kier alpha value is -0.620. The predicted octanol–water partition coefficient (Wildman–Crippen LogP) is -0.805. The molecular weight excluding hydrogens is 182 g/mol. The second-order valence-electron chi connectivity index (χ2n) is 2.58. The molecule has 70 valence electrons. The molecule has 0 bridgehead atoms. The molecular formula is C6H11NO4S. The summed E-state index contributed by atoms with van der Waals surface area (Å²) in [7, 11) is -1.92. The summed E-state index contributed by atoms with van der Waals surface area (Å²) in [5, 5.41) is 0. The lowest BCUT2D eigenvalue weighted by Gasteiger charge is -2.11. The number of ether oxygens (including phenoxy) is 1. The van der Waals surface area contributed by atoms with Crippen molar-refractivity contribution in [3.8, 4) is 0 Å². The summed E-state index contributed by atoms with van der Waals surface area (Å²) in [6.45, 7) is 0.274. The van der Waals surface area contributed by atoms with Crippen molar-refractivity contribution in [2.45, 2.75) is 6.42 Å². The number of nitrogens with zero attached hydrogens (tertiary/aromatic N) is 1. The van der Waals surface area contributed by atoms with Crippen LogP contribution in [-0.2, 0) is 19.6 Å². The minimum Gasteiger partial charge on any atom is -0.468 e. The number of hydrogen-bond donors (Lipinski definition) is 0. The molecule has 1 heterocycles. The molecule has 0 aromatic rings. The molecule has 1 aliphatic heterocycles. The molecule has 0 spiro atoms. The standard InChI is InChI=1S/C6H11NO4S/c1-11-6(8)5-7-3-2-4-12(7,9)10/h2-5H2,1H3. The Kier molecular flexibility index (Phi) is 2.69. The van der Waals surface area contributed by atoms with Crippen molar-refractivity contribution in [1.29, 1.82) is 0 Å². The smallest absolute Gasteiger partial charge is 0.321 e. The fourth-order valence-electron chi connectivity index (χ4n) is 1.08. The van der Waals surface area contributed by atoms with Crippen LogP contribution < -0.4 is 0 Å². The molecule has 1 aliphatic rings. The minimum atomic E-state index is -3.16. The minimum absolute atomic E-state index is 0.143. The second-order valence-corrected chi connectivity index (χ2v) is 4.67. The van der Waals surface area contributed by atoms with E-state index in [9.17, 15) is 13.2 Å². The summed E-state index contributed by atoms with van der Waals surface area (Å²) >= 11 is 0. The maximum atomic E-state index is 11.1. The number of methoxy groups -OCH3 is 1. The zero-order valence-electron chi connectivity index (χ0n) is 6.82. The van der Waals surface area contributed by atoms with Crippen molar-refractivity contribution in [2.75, 3.05) is 26.0 Å². The number of carbonyl (C=O) groups is 1. The molecule has 5 nitrogen and oxygen atoms in total. The van der Waals surface area contributed by atoms with Crippen LogP contribution in [0, 0.1) is 0 Å². The third-order valence-electron chi connectivity index (χ3n) is 1.74. The van der Waals surface area contributed by atoms with Gasteiger partial charge < -0.3 is 4.74 Å². The third kappa shape index (κ3) is 1.95. The largest absolute Gasteiger partial charge is 0.468 e. The van der Waals surface area contributed by atoms with Gasteiger partial charge in [-0.2, -0.15) is 4.31 Å². The highest BCUT2D eigenvalue weighted by Gasteiger charge is 2.29. The molecule has 0 atom stereocenters. The normalized spacial score (nSPS) is 22.4. The van der Waals surface area contributed by atoms with E-state index < -0.39 is 16.0 Å². The fourth-order valence-corrected chi connectivity index (χ4v) is 2.54. The molecule has 0 amide bonds. The van der Waals surface area contributed by atoms with E-state index in [0.717, 1.165) is 4.31 Å². The van der Waals surface area contributed by atoms with Gasteiger partial charge in [-0.05, 0) is 6.42 Å². The number of carbonyl (C=O) groups excluding carboxylic acids is 1. The molecule has 0 N–H and O–H groups in total. The van der Waals surface area contributed by atoms with Crippen molar-refractivity contribution in [3.63, 3.8) is 0 Å². The van der Waals surface area contributed by atoms with Gasteiger partial charge in [-0.25, -0.2) is 8.42 Å². The van der Waals surface area contributed by atoms with Crippen molar-refractivity contribution in [1.82, 2.24) is 4.31 Å². The van der Waals surface area contributed by atoms with Crippen LogP contribution in [0.4, 0.5) is 0 Å². The first-order valence-corrected chi connectivity index (χ1v) is 5.22. The maximum absolute atomic E-state index is 11.1. The summed E-state index contributed by atoms with van der Waals surface area (Å²) in [5.41, 5.74) is 0. The van der Waals surface area contributed by atoms with E-state index in [1.165, 1.54) is 7.11 Å². The topological polar surface area (TPSA) is 63.7 Å². The first-order chi connectivity index (χ1) is 5.56. The van der Waals surface area contributed by atoms with E-state index in [1.807, 2.05) is 0 Å². The monoisotopic (exact) mass is 193 g/mol. The van der Waals surface area contributed by atoms with Crippen LogP contribution >= 0.6 is 0 Å². The predicted molar refractivity (Wildman–Crippen MR) is 42.0 cm³/mol. The Balaban J connectivity index is 2.59. The lowest BCUT2D eigenvalue weighted by molar-refractivity contribution is -0.140. The van der Waals surface area contributed by atoms with Crippen LogP contribution in [0.3, 0.4) is 0 Å². The highest BCUT2D eigenvalue weighted by Crippen LogP contribution is 2.12. The highest BCUT2D eigenvalue weighted by molar-refractivity contribution is 7.89. The molecule has 0 aromatic heterocycles. The SMILES string of the molecule is COC(=O)CN1CCCS1(=O)=O. The van der Waals surface area contributed by atoms with Crippen molar-refractivity contribution >= 4 is 16.0 Å². The maximum Gasteiger partial charge on any atom is 0.321 e. The third-order valence-corrected chi connectivity index (χ3v) is 3.64. The van der Waals surface area contributed by atoms with E-state index >= 15 is 0 Å². The van der Waals surface area contributed by atoms with Gasteiger partial charge in [0.05, 0.1) is 12.9 Å². The molecule has 0 aromatic carbocycles. The summed E-state index contributed by atoms with van der Waals surface area (Å²) in [5.74, 6) is -0.371. The summed E-state index contributed by atoms with van der Waals surface area (Å²) in [6.07, 6.45) is 0.597. The fraction of sp³-hybridized carbons (Fsp3) is 0.833. The van der Waals surface area contributed by atoms with Crippen LogP contribution in [0.5, 0.6) is 0 Å². The Labute approximate surface area is 71.4 Å². The van der Waals surface area contributed by atoms with Gasteiger partial charge in [0.1, 0.15) is 6.54 Å². The van der Waals surface area contributed by atoms with Gasteiger partial charge in [0.2, 0.25) is 10.0 Å². The van der Waals surface area contributed by atoms with Gasteiger partial charge in [-0.3, -0.25) is 4.79 Å². The van der Waals surface area contributed by atoms with E-state index in [-0.39, 0.29) is 12.3 Å². The van der Waals surface area contributed by atoms with Crippen molar-refractivity contribution in [2.24, 2.45) is 0 Å². The number of rotatable bonds is 2. The Morgan fingerprint density at radius 2 is 2.25 bits per heavy atom. The Morgan fingerprint density at radius 1 is 1.58 bits per heavy atom. The van der Waals surface area contributed by atoms with Crippen molar-refractivity contribution in [3.05, 3.63) is 0 Å². The van der Waals surface area contributed by atoms with Gasteiger partial charge in [0.25, 0.3) is 0 Å². The molecule has 0 saturated carbocycles. The van der Waals surface area contributed by atoms with Gasteiger partial charge in [-0.15, -0.1) is 0 Å². The highest BCUT2D eigenvalue weighted by atomic mass is 32.2. The van der Waals surface area contributed by atoms with E-state index in [1.54, 1.807) is 0 Å². The molecule has 1 fully saturated rings. The average Bonchev–Trinajstić information content (AvgIpc) is 2.31. The quantitative estimate of drug-likeness (QED) is 0.538. The lowest BCUT2D eigenvalue weighted by Crippen LogP contribution is -2.31. The van der Waals surface area contributed by atoms with Crippen LogP contribution in [0.15, 0.2) is 0 Å². The zero-order valence-corrected chi connectivity index (χ0v) is 7.63. The van der Waals surface area contributed by atoms with Crippen LogP contribution in [-0.4, -0.2) is 44.6 Å². The van der Waals surface area contributed by atoms with E-state index in [2.05, 4.69) is 4.74 Å².